The van der Waals surface area contributed by atoms with Crippen LogP contribution in [0.3, 0.4) is 0 Å². The van der Waals surface area contributed by atoms with Crippen LogP contribution >= 0.6 is 11.3 Å². The molecule has 0 aliphatic rings. The van der Waals surface area contributed by atoms with Gasteiger partial charge in [0.05, 0.1) is 11.3 Å². The van der Waals surface area contributed by atoms with Gasteiger partial charge in [0.2, 0.25) is 0 Å². The molecule has 1 aromatic heterocycles. The summed E-state index contributed by atoms with van der Waals surface area (Å²) in [5.74, 6) is 0. The second-order valence-corrected chi connectivity index (χ2v) is 4.37. The normalized spacial score (nSPS) is 9.75. The van der Waals surface area contributed by atoms with Crippen LogP contribution in [-0.2, 0) is 6.54 Å². The molecule has 16 heavy (non-hydrogen) atoms. The van der Waals surface area contributed by atoms with Crippen molar-refractivity contribution in [1.82, 2.24) is 0 Å². The number of hydrogen-bond donors (Lipinski definition) is 1. The van der Waals surface area contributed by atoms with Gasteiger partial charge < -0.3 is 5.32 Å². The molecular weight excluding hydrogens is 216 g/mol. The molecule has 0 aliphatic heterocycles. The molecule has 1 N–H and O–H groups in total. The second-order valence-electron chi connectivity index (χ2n) is 3.59. The Balaban J connectivity index is 2.18. The summed E-state index contributed by atoms with van der Waals surface area (Å²) in [6.45, 7) is 2.78. The molecule has 0 fully saturated rings. The topological polar surface area (TPSA) is 35.8 Å². The molecule has 3 heteroatoms. The van der Waals surface area contributed by atoms with Crippen molar-refractivity contribution in [2.24, 2.45) is 0 Å². The van der Waals surface area contributed by atoms with Crippen LogP contribution in [0.2, 0.25) is 0 Å². The minimum atomic E-state index is 0.704. The highest BCUT2D eigenvalue weighted by molar-refractivity contribution is 7.07. The smallest absolute Gasteiger partial charge is 0.101 e. The van der Waals surface area contributed by atoms with Gasteiger partial charge in [-0.2, -0.15) is 16.6 Å². The number of aryl methyl sites for hydroxylation is 1. The van der Waals surface area contributed by atoms with Crippen LogP contribution in [0.15, 0.2) is 35.0 Å². The summed E-state index contributed by atoms with van der Waals surface area (Å²) in [4.78, 5) is 0. The number of nitriles is 1. The molecule has 0 spiro atoms. The third-order valence-electron chi connectivity index (χ3n) is 2.44. The number of para-hydroxylation sites is 1. The van der Waals surface area contributed by atoms with Gasteiger partial charge in [-0.15, -0.1) is 0 Å². The maximum atomic E-state index is 9.01. The zero-order chi connectivity index (χ0) is 11.4. The maximum Gasteiger partial charge on any atom is 0.101 e. The van der Waals surface area contributed by atoms with Crippen molar-refractivity contribution in [3.8, 4) is 6.07 Å². The summed E-state index contributed by atoms with van der Waals surface area (Å²) in [7, 11) is 0. The standard InChI is InChI=1S/C13H12N2S/c1-10-3-2-4-12(7-14)13(10)15-8-11-5-6-16-9-11/h2-6,9,15H,8H2,1H3. The molecule has 2 aromatic rings. The number of rotatable bonds is 3. The van der Waals surface area contributed by atoms with Crippen LogP contribution in [0.1, 0.15) is 16.7 Å². The molecule has 2 rings (SSSR count). The van der Waals surface area contributed by atoms with Crippen molar-refractivity contribution < 1.29 is 0 Å². The van der Waals surface area contributed by atoms with Gasteiger partial charge in [-0.1, -0.05) is 12.1 Å². The fourth-order valence-corrected chi connectivity index (χ4v) is 2.25. The molecule has 0 radical (unpaired) electrons. The molecule has 0 unspecified atom stereocenters. The van der Waals surface area contributed by atoms with Crippen molar-refractivity contribution in [3.63, 3.8) is 0 Å². The lowest BCUT2D eigenvalue weighted by Crippen LogP contribution is -2.02. The molecule has 0 atom stereocenters. The molecule has 0 bridgehead atoms. The van der Waals surface area contributed by atoms with E-state index in [4.69, 9.17) is 5.26 Å². The lowest BCUT2D eigenvalue weighted by atomic mass is 10.1. The SMILES string of the molecule is Cc1cccc(C#N)c1NCc1ccsc1. The lowest BCUT2D eigenvalue weighted by Gasteiger charge is -2.10. The van der Waals surface area contributed by atoms with Crippen LogP contribution < -0.4 is 5.32 Å². The first kappa shape index (κ1) is 10.7. The summed E-state index contributed by atoms with van der Waals surface area (Å²) >= 11 is 1.68. The van der Waals surface area contributed by atoms with Crippen LogP contribution in [0.25, 0.3) is 0 Å². The van der Waals surface area contributed by atoms with E-state index in [1.165, 1.54) is 5.56 Å². The van der Waals surface area contributed by atoms with Crippen molar-refractivity contribution in [2.75, 3.05) is 5.32 Å². The number of nitrogens with zero attached hydrogens (tertiary/aromatic N) is 1. The maximum absolute atomic E-state index is 9.01. The Morgan fingerprint density at radius 3 is 2.94 bits per heavy atom. The van der Waals surface area contributed by atoms with Gasteiger partial charge in [0.1, 0.15) is 6.07 Å². The number of benzene rings is 1. The number of nitrogens with one attached hydrogen (secondary N) is 1. The summed E-state index contributed by atoms with van der Waals surface area (Å²) in [6.07, 6.45) is 0. The number of thiophene rings is 1. The largest absolute Gasteiger partial charge is 0.380 e. The van der Waals surface area contributed by atoms with Crippen molar-refractivity contribution in [1.29, 1.82) is 5.26 Å². The highest BCUT2D eigenvalue weighted by Gasteiger charge is 2.04. The van der Waals surface area contributed by atoms with Gasteiger partial charge in [0, 0.05) is 6.54 Å². The molecule has 2 nitrogen and oxygen atoms in total. The summed E-state index contributed by atoms with van der Waals surface area (Å²) in [5, 5.41) is 16.5. The summed E-state index contributed by atoms with van der Waals surface area (Å²) in [5.41, 5.74) is 4.00. The monoisotopic (exact) mass is 228 g/mol. The number of anilines is 1. The molecule has 1 heterocycles. The Hall–Kier alpha value is -1.79. The highest BCUT2D eigenvalue weighted by Crippen LogP contribution is 2.20. The quantitative estimate of drug-likeness (QED) is 0.872. The molecule has 1 aromatic carbocycles. The Labute approximate surface area is 99.2 Å². The zero-order valence-corrected chi connectivity index (χ0v) is 9.84. The Morgan fingerprint density at radius 1 is 1.38 bits per heavy atom. The van der Waals surface area contributed by atoms with Crippen LogP contribution in [0.5, 0.6) is 0 Å². The molecule has 0 aliphatic carbocycles. The van der Waals surface area contributed by atoms with Gasteiger partial charge in [0.25, 0.3) is 0 Å². The van der Waals surface area contributed by atoms with Gasteiger partial charge in [0.15, 0.2) is 0 Å². The highest BCUT2D eigenvalue weighted by atomic mass is 32.1. The summed E-state index contributed by atoms with van der Waals surface area (Å²) < 4.78 is 0. The number of hydrogen-bond acceptors (Lipinski definition) is 3. The molecule has 0 saturated heterocycles. The Morgan fingerprint density at radius 2 is 2.25 bits per heavy atom. The Bertz CT molecular complexity index is 509. The average Bonchev–Trinajstić information content (AvgIpc) is 2.80. The predicted octanol–water partition coefficient (Wildman–Crippen LogP) is 3.54. The predicted molar refractivity (Wildman–Crippen MR) is 67.5 cm³/mol. The minimum absolute atomic E-state index is 0.704. The average molecular weight is 228 g/mol. The first-order valence-electron chi connectivity index (χ1n) is 5.06. The van der Waals surface area contributed by atoms with Crippen molar-refractivity contribution in [3.05, 3.63) is 51.7 Å². The first-order chi connectivity index (χ1) is 7.81. The van der Waals surface area contributed by atoms with E-state index in [-0.39, 0.29) is 0 Å². The fraction of sp³-hybridized carbons (Fsp3) is 0.154. The van der Waals surface area contributed by atoms with Gasteiger partial charge in [-0.25, -0.2) is 0 Å². The van der Waals surface area contributed by atoms with E-state index in [9.17, 15) is 0 Å². The van der Waals surface area contributed by atoms with Gasteiger partial charge >= 0.3 is 0 Å². The summed E-state index contributed by atoms with van der Waals surface area (Å²) in [6, 6.07) is 10.0. The van der Waals surface area contributed by atoms with Crippen LogP contribution in [0.4, 0.5) is 5.69 Å². The van der Waals surface area contributed by atoms with E-state index in [0.717, 1.165) is 17.8 Å². The van der Waals surface area contributed by atoms with E-state index in [2.05, 4.69) is 28.2 Å². The van der Waals surface area contributed by atoms with Crippen LogP contribution in [0, 0.1) is 18.3 Å². The van der Waals surface area contributed by atoms with E-state index < -0.39 is 0 Å². The molecule has 80 valence electrons. The van der Waals surface area contributed by atoms with Crippen molar-refractivity contribution >= 4 is 17.0 Å². The zero-order valence-electron chi connectivity index (χ0n) is 9.03. The van der Waals surface area contributed by atoms with Crippen molar-refractivity contribution in [2.45, 2.75) is 13.5 Å². The molecule has 0 saturated carbocycles. The van der Waals surface area contributed by atoms with E-state index >= 15 is 0 Å². The van der Waals surface area contributed by atoms with Crippen LogP contribution in [-0.4, -0.2) is 0 Å². The van der Waals surface area contributed by atoms with E-state index in [0.29, 0.717) is 5.56 Å². The fourth-order valence-electron chi connectivity index (χ4n) is 1.58. The van der Waals surface area contributed by atoms with Gasteiger partial charge in [-0.3, -0.25) is 0 Å². The van der Waals surface area contributed by atoms with Gasteiger partial charge in [-0.05, 0) is 40.9 Å². The molecule has 0 amide bonds. The second kappa shape index (κ2) is 4.82. The molecular formula is C13H12N2S. The van der Waals surface area contributed by atoms with E-state index in [1.807, 2.05) is 25.1 Å². The third-order valence-corrected chi connectivity index (χ3v) is 3.17. The minimum Gasteiger partial charge on any atom is -0.380 e. The first-order valence-corrected chi connectivity index (χ1v) is 6.00. The van der Waals surface area contributed by atoms with E-state index in [1.54, 1.807) is 11.3 Å². The Kier molecular flexibility index (Phi) is 3.23. The third kappa shape index (κ3) is 2.23. The lowest BCUT2D eigenvalue weighted by molar-refractivity contribution is 1.15.